The number of thioether (sulfide) groups is 1. The Bertz CT molecular complexity index is 1410. The van der Waals surface area contributed by atoms with Gasteiger partial charge in [0.25, 0.3) is 5.56 Å². The number of nitrogens with one attached hydrogen (secondary N) is 2. The smallest absolute Gasteiger partial charge is 0.271 e. The number of ether oxygens (including phenoxy) is 1. The summed E-state index contributed by atoms with van der Waals surface area (Å²) in [5, 5.41) is 7.08. The Hall–Kier alpha value is -2.67. The van der Waals surface area contributed by atoms with Gasteiger partial charge in [0.1, 0.15) is 16.2 Å². The van der Waals surface area contributed by atoms with Crippen molar-refractivity contribution in [2.24, 2.45) is 0 Å². The Labute approximate surface area is 193 Å². The number of anilines is 1. The number of nitrogens with zero attached hydrogens (tertiary/aromatic N) is 3. The molecule has 31 heavy (non-hydrogen) atoms. The van der Waals surface area contributed by atoms with Crippen LogP contribution in [0.3, 0.4) is 0 Å². The van der Waals surface area contributed by atoms with Gasteiger partial charge in [-0.3, -0.25) is 14.2 Å². The number of aromatic amines is 1. The molecule has 0 aliphatic rings. The fourth-order valence-electron chi connectivity index (χ4n) is 2.75. The first-order valence-electron chi connectivity index (χ1n) is 8.71. The van der Waals surface area contributed by atoms with E-state index in [1.807, 2.05) is 0 Å². The molecule has 1 aromatic carbocycles. The van der Waals surface area contributed by atoms with Crippen molar-refractivity contribution >= 4 is 69.0 Å². The number of amides is 1. The first kappa shape index (κ1) is 21.6. The number of rotatable bonds is 6. The predicted octanol–water partition coefficient (Wildman–Crippen LogP) is 4.19. The van der Waals surface area contributed by atoms with Crippen molar-refractivity contribution in [2.75, 3.05) is 18.2 Å². The van der Waals surface area contributed by atoms with Gasteiger partial charge in [-0.05, 0) is 37.3 Å². The molecule has 0 fully saturated rings. The average molecular weight is 496 g/mol. The second-order valence-electron chi connectivity index (χ2n) is 6.20. The molecule has 0 unspecified atom stereocenters. The van der Waals surface area contributed by atoms with Crippen molar-refractivity contribution in [1.29, 1.82) is 0 Å². The maximum Gasteiger partial charge on any atom is 0.271 e. The second-order valence-corrected chi connectivity index (χ2v) is 9.25. The van der Waals surface area contributed by atoms with Crippen LogP contribution >= 0.6 is 46.9 Å². The molecule has 0 radical (unpaired) electrons. The van der Waals surface area contributed by atoms with Gasteiger partial charge in [0.2, 0.25) is 5.91 Å². The molecule has 0 aliphatic carbocycles. The first-order valence-corrected chi connectivity index (χ1v) is 11.3. The Balaban J connectivity index is 1.67. The van der Waals surface area contributed by atoms with Crippen LogP contribution in [0.1, 0.15) is 5.76 Å². The lowest BCUT2D eigenvalue weighted by molar-refractivity contribution is -0.113. The molecule has 0 atom stereocenters. The topological polar surface area (TPSA) is 115 Å². The highest BCUT2D eigenvalue weighted by Crippen LogP contribution is 2.31. The van der Waals surface area contributed by atoms with E-state index in [2.05, 4.69) is 20.4 Å². The van der Waals surface area contributed by atoms with E-state index in [0.717, 1.165) is 23.1 Å². The third kappa shape index (κ3) is 4.51. The van der Waals surface area contributed by atoms with E-state index in [4.69, 9.17) is 33.1 Å². The van der Waals surface area contributed by atoms with Gasteiger partial charge in [-0.25, -0.2) is 4.98 Å². The average Bonchev–Trinajstić information content (AvgIpc) is 3.28. The minimum absolute atomic E-state index is 0.00566. The van der Waals surface area contributed by atoms with Gasteiger partial charge >= 0.3 is 0 Å². The van der Waals surface area contributed by atoms with Crippen LogP contribution in [0.25, 0.3) is 16.0 Å². The Kier molecular flexibility index (Phi) is 6.14. The highest BCUT2D eigenvalue weighted by atomic mass is 35.5. The van der Waals surface area contributed by atoms with E-state index in [1.165, 1.54) is 7.11 Å². The van der Waals surface area contributed by atoms with E-state index >= 15 is 0 Å². The summed E-state index contributed by atoms with van der Waals surface area (Å²) in [6.07, 6.45) is 0. The summed E-state index contributed by atoms with van der Waals surface area (Å²) in [4.78, 5) is 32.0. The van der Waals surface area contributed by atoms with E-state index in [0.29, 0.717) is 42.3 Å². The molecule has 2 N–H and O–H groups in total. The van der Waals surface area contributed by atoms with Crippen molar-refractivity contribution in [3.8, 4) is 11.4 Å². The van der Waals surface area contributed by atoms with E-state index in [-0.39, 0.29) is 22.4 Å². The molecule has 0 saturated carbocycles. The van der Waals surface area contributed by atoms with E-state index in [1.54, 1.807) is 35.8 Å². The van der Waals surface area contributed by atoms with Crippen molar-refractivity contribution < 1.29 is 14.1 Å². The zero-order valence-electron chi connectivity index (χ0n) is 16.1. The largest absolute Gasteiger partial charge is 0.495 e. The number of aryl methyl sites for hydroxylation is 1. The van der Waals surface area contributed by atoms with E-state index < -0.39 is 0 Å². The lowest BCUT2D eigenvalue weighted by atomic mass is 10.3. The number of aromatic nitrogens is 4. The maximum absolute atomic E-state index is 12.6. The number of thiazole rings is 1. The summed E-state index contributed by atoms with van der Waals surface area (Å²) in [5.41, 5.74) is 0.574. The van der Waals surface area contributed by atoms with Crippen molar-refractivity contribution in [1.82, 2.24) is 19.7 Å². The van der Waals surface area contributed by atoms with Crippen LogP contribution in [0.4, 0.5) is 5.82 Å². The van der Waals surface area contributed by atoms with Gasteiger partial charge in [0, 0.05) is 11.1 Å². The summed E-state index contributed by atoms with van der Waals surface area (Å²) >= 11 is 13.8. The second kappa shape index (κ2) is 8.83. The number of methoxy groups -OCH3 is 1. The van der Waals surface area contributed by atoms with Crippen LogP contribution in [-0.4, -0.2) is 38.5 Å². The third-order valence-corrected chi connectivity index (χ3v) is 6.51. The Morgan fingerprint density at radius 3 is 2.97 bits per heavy atom. The third-order valence-electron chi connectivity index (χ3n) is 4.04. The molecular weight excluding hydrogens is 482 g/mol. The van der Waals surface area contributed by atoms with Gasteiger partial charge < -0.3 is 19.6 Å². The highest BCUT2D eigenvalue weighted by molar-refractivity contribution is 7.99. The highest BCUT2D eigenvalue weighted by Gasteiger charge is 2.17. The number of benzene rings is 1. The van der Waals surface area contributed by atoms with Crippen LogP contribution in [0.5, 0.6) is 5.75 Å². The van der Waals surface area contributed by atoms with Gasteiger partial charge in [0.05, 0.1) is 18.6 Å². The van der Waals surface area contributed by atoms with Gasteiger partial charge in [-0.15, -0.1) is 0 Å². The molecule has 4 aromatic rings. The summed E-state index contributed by atoms with van der Waals surface area (Å²) in [6.45, 7) is 1.72. The molecular formula is C18H14ClN5O4S3. The molecule has 0 spiro atoms. The summed E-state index contributed by atoms with van der Waals surface area (Å²) in [5.74, 6) is 1.11. The zero-order chi connectivity index (χ0) is 22.1. The molecule has 0 bridgehead atoms. The van der Waals surface area contributed by atoms with E-state index in [9.17, 15) is 9.59 Å². The predicted molar refractivity (Wildman–Crippen MR) is 123 cm³/mol. The maximum atomic E-state index is 12.6. The molecule has 160 valence electrons. The number of carbonyl (C=O) groups excluding carboxylic acids is 1. The molecule has 13 heteroatoms. The minimum Gasteiger partial charge on any atom is -0.495 e. The van der Waals surface area contributed by atoms with Crippen LogP contribution in [0, 0.1) is 10.9 Å². The summed E-state index contributed by atoms with van der Waals surface area (Å²) in [6, 6.07) is 6.69. The molecule has 4 rings (SSSR count). The van der Waals surface area contributed by atoms with Crippen molar-refractivity contribution in [2.45, 2.75) is 12.1 Å². The lowest BCUT2D eigenvalue weighted by Gasteiger charge is -2.11. The zero-order valence-corrected chi connectivity index (χ0v) is 19.3. The summed E-state index contributed by atoms with van der Waals surface area (Å²) in [7, 11) is 1.53. The molecule has 0 saturated heterocycles. The fraction of sp³-hybridized carbons (Fsp3) is 0.167. The standard InChI is InChI=1S/C18H14ClN5O4S3/c1-8-5-12(23-28-8)20-13(25)7-30-17-21-15-14(16(26)22-17)31-18(29)24(15)10-6-9(19)3-4-11(10)27-2/h3-6H,7H2,1-2H3,(H,20,23,25)(H,21,22,26). The van der Waals surface area contributed by atoms with Gasteiger partial charge in [0.15, 0.2) is 20.6 Å². The number of halogens is 1. The molecule has 3 aromatic heterocycles. The molecule has 1 amide bonds. The quantitative estimate of drug-likeness (QED) is 0.232. The van der Waals surface area contributed by atoms with Crippen LogP contribution in [0.2, 0.25) is 5.02 Å². The van der Waals surface area contributed by atoms with Crippen LogP contribution < -0.4 is 15.6 Å². The number of hydrogen-bond donors (Lipinski definition) is 2. The molecule has 0 aliphatic heterocycles. The number of hydrogen-bond acceptors (Lipinski definition) is 9. The van der Waals surface area contributed by atoms with Crippen molar-refractivity contribution in [3.05, 3.63) is 49.4 Å². The fourth-order valence-corrected chi connectivity index (χ4v) is 4.83. The SMILES string of the molecule is COc1ccc(Cl)cc1-n1c(=S)sc2c(=O)[nH]c(SCC(=O)Nc3cc(C)on3)nc21. The monoisotopic (exact) mass is 495 g/mol. The number of H-pyrrole nitrogens is 1. The van der Waals surface area contributed by atoms with Gasteiger partial charge in [-0.1, -0.05) is 39.9 Å². The Morgan fingerprint density at radius 1 is 1.45 bits per heavy atom. The molecule has 9 nitrogen and oxygen atoms in total. The normalized spacial score (nSPS) is 11.1. The molecule has 3 heterocycles. The minimum atomic E-state index is -0.351. The number of fused-ring (bicyclic) bond motifs is 1. The lowest BCUT2D eigenvalue weighted by Crippen LogP contribution is -2.15. The summed E-state index contributed by atoms with van der Waals surface area (Å²) < 4.78 is 12.7. The number of carbonyl (C=O) groups is 1. The Morgan fingerprint density at radius 2 is 2.26 bits per heavy atom. The van der Waals surface area contributed by atoms with Crippen LogP contribution in [0.15, 0.2) is 38.7 Å². The van der Waals surface area contributed by atoms with Crippen molar-refractivity contribution in [3.63, 3.8) is 0 Å². The first-order chi connectivity index (χ1) is 14.9. The van der Waals surface area contributed by atoms with Crippen LogP contribution in [-0.2, 0) is 4.79 Å². The van der Waals surface area contributed by atoms with Gasteiger partial charge in [-0.2, -0.15) is 0 Å².